The van der Waals surface area contributed by atoms with Crippen LogP contribution in [0.2, 0.25) is 0 Å². The maximum absolute atomic E-state index is 3.90. The summed E-state index contributed by atoms with van der Waals surface area (Å²) in [5.74, 6) is 0. The van der Waals surface area contributed by atoms with E-state index in [1.54, 1.807) is 0 Å². The zero-order chi connectivity index (χ0) is 6.97. The molecule has 0 bridgehead atoms. The SMILES string of the molecule is [CH2]C1NC1c1ccccc1. The third-order valence-electron chi connectivity index (χ3n) is 1.85. The second-order valence-electron chi connectivity index (χ2n) is 2.66. The minimum absolute atomic E-state index is 0.433. The molecule has 2 rings (SSSR count). The molecule has 0 aromatic heterocycles. The van der Waals surface area contributed by atoms with Crippen molar-refractivity contribution < 1.29 is 0 Å². The Labute approximate surface area is 61.1 Å². The van der Waals surface area contributed by atoms with Crippen molar-refractivity contribution in [1.29, 1.82) is 0 Å². The number of hydrogen-bond donors (Lipinski definition) is 1. The average Bonchev–Trinajstić information content (AvgIpc) is 2.69. The Kier molecular flexibility index (Phi) is 1.24. The Bertz CT molecular complexity index is 217. The molecule has 1 radical (unpaired) electrons. The lowest BCUT2D eigenvalue weighted by Crippen LogP contribution is -1.81. The van der Waals surface area contributed by atoms with Gasteiger partial charge in [0.1, 0.15) is 0 Å². The van der Waals surface area contributed by atoms with Gasteiger partial charge in [0, 0.05) is 12.1 Å². The van der Waals surface area contributed by atoms with Crippen molar-refractivity contribution >= 4 is 0 Å². The standard InChI is InChI=1S/C9H10N/c1-7-9(10-7)8-5-3-2-4-6-8/h2-7,9-10H,1H2. The van der Waals surface area contributed by atoms with Crippen LogP contribution in [-0.4, -0.2) is 6.04 Å². The fourth-order valence-corrected chi connectivity index (χ4v) is 1.16. The van der Waals surface area contributed by atoms with Gasteiger partial charge in [0.15, 0.2) is 0 Å². The molecular weight excluding hydrogens is 122 g/mol. The molecule has 2 atom stereocenters. The van der Waals surface area contributed by atoms with Gasteiger partial charge in [-0.3, -0.25) is 0 Å². The first-order valence-corrected chi connectivity index (χ1v) is 3.52. The zero-order valence-corrected chi connectivity index (χ0v) is 5.75. The van der Waals surface area contributed by atoms with Gasteiger partial charge < -0.3 is 5.32 Å². The molecule has 1 fully saturated rings. The minimum Gasteiger partial charge on any atom is -0.304 e. The molecule has 10 heavy (non-hydrogen) atoms. The molecule has 1 aromatic carbocycles. The van der Waals surface area contributed by atoms with E-state index in [2.05, 4.69) is 36.5 Å². The fraction of sp³-hybridized carbons (Fsp3) is 0.222. The molecule has 1 nitrogen and oxygen atoms in total. The Morgan fingerprint density at radius 3 is 2.30 bits per heavy atom. The summed E-state index contributed by atoms with van der Waals surface area (Å²) < 4.78 is 0. The van der Waals surface area contributed by atoms with Crippen molar-refractivity contribution in [2.75, 3.05) is 0 Å². The molecule has 1 N–H and O–H groups in total. The summed E-state index contributed by atoms with van der Waals surface area (Å²) in [5.41, 5.74) is 1.35. The highest BCUT2D eigenvalue weighted by Gasteiger charge is 2.32. The highest BCUT2D eigenvalue weighted by Crippen LogP contribution is 2.27. The predicted octanol–water partition coefficient (Wildman–Crippen LogP) is 1.53. The summed E-state index contributed by atoms with van der Waals surface area (Å²) in [6.07, 6.45) is 0. The third-order valence-corrected chi connectivity index (χ3v) is 1.85. The summed E-state index contributed by atoms with van der Waals surface area (Å²) in [6, 6.07) is 11.4. The van der Waals surface area contributed by atoms with Crippen LogP contribution in [0.5, 0.6) is 0 Å². The molecule has 1 heterocycles. The lowest BCUT2D eigenvalue weighted by molar-refractivity contribution is 1.07. The molecule has 2 unspecified atom stereocenters. The van der Waals surface area contributed by atoms with E-state index >= 15 is 0 Å². The zero-order valence-electron chi connectivity index (χ0n) is 5.75. The molecule has 0 amide bonds. The van der Waals surface area contributed by atoms with Gasteiger partial charge in [-0.2, -0.15) is 0 Å². The van der Waals surface area contributed by atoms with E-state index in [1.165, 1.54) is 5.56 Å². The van der Waals surface area contributed by atoms with Gasteiger partial charge in [-0.15, -0.1) is 0 Å². The molecule has 0 spiro atoms. The third kappa shape index (κ3) is 0.929. The van der Waals surface area contributed by atoms with E-state index in [-0.39, 0.29) is 0 Å². The van der Waals surface area contributed by atoms with Gasteiger partial charge in [-0.05, 0) is 12.5 Å². The normalized spacial score (nSPS) is 30.1. The lowest BCUT2D eigenvalue weighted by Gasteiger charge is -1.92. The van der Waals surface area contributed by atoms with Crippen LogP contribution in [0.4, 0.5) is 0 Å². The number of rotatable bonds is 1. The van der Waals surface area contributed by atoms with Gasteiger partial charge >= 0.3 is 0 Å². The Balaban J connectivity index is 2.20. The van der Waals surface area contributed by atoms with Crippen LogP contribution in [-0.2, 0) is 0 Å². The molecule has 1 heteroatoms. The molecule has 0 aliphatic carbocycles. The highest BCUT2D eigenvalue weighted by atomic mass is 15.1. The maximum Gasteiger partial charge on any atom is 0.0478 e. The Morgan fingerprint density at radius 1 is 1.20 bits per heavy atom. The second kappa shape index (κ2) is 2.10. The predicted molar refractivity (Wildman–Crippen MR) is 41.5 cm³/mol. The van der Waals surface area contributed by atoms with Gasteiger partial charge in [-0.25, -0.2) is 0 Å². The van der Waals surface area contributed by atoms with Crippen molar-refractivity contribution in [3.63, 3.8) is 0 Å². The van der Waals surface area contributed by atoms with Crippen LogP contribution in [0.25, 0.3) is 0 Å². The van der Waals surface area contributed by atoms with Crippen molar-refractivity contribution in [1.82, 2.24) is 5.32 Å². The summed E-state index contributed by atoms with van der Waals surface area (Å²) in [4.78, 5) is 0. The fourth-order valence-electron chi connectivity index (χ4n) is 1.16. The molecule has 51 valence electrons. The highest BCUT2D eigenvalue weighted by molar-refractivity contribution is 5.26. The van der Waals surface area contributed by atoms with Gasteiger partial charge in [0.25, 0.3) is 0 Å². The van der Waals surface area contributed by atoms with Crippen LogP contribution in [0, 0.1) is 6.92 Å². The van der Waals surface area contributed by atoms with Crippen LogP contribution in [0.15, 0.2) is 30.3 Å². The van der Waals surface area contributed by atoms with Gasteiger partial charge in [0.05, 0.1) is 0 Å². The first kappa shape index (κ1) is 5.93. The number of benzene rings is 1. The van der Waals surface area contributed by atoms with Gasteiger partial charge in [0.2, 0.25) is 0 Å². The van der Waals surface area contributed by atoms with Crippen LogP contribution < -0.4 is 5.32 Å². The first-order chi connectivity index (χ1) is 4.88. The largest absolute Gasteiger partial charge is 0.304 e. The maximum atomic E-state index is 3.90. The van der Waals surface area contributed by atoms with Crippen molar-refractivity contribution in [2.45, 2.75) is 12.1 Å². The van der Waals surface area contributed by atoms with E-state index in [1.807, 2.05) is 6.07 Å². The molecule has 0 saturated carbocycles. The Morgan fingerprint density at radius 2 is 1.80 bits per heavy atom. The number of hydrogen-bond acceptors (Lipinski definition) is 1. The molecular formula is C9H10N. The molecule has 1 aromatic rings. The van der Waals surface area contributed by atoms with Crippen LogP contribution in [0.3, 0.4) is 0 Å². The van der Waals surface area contributed by atoms with E-state index < -0.39 is 0 Å². The summed E-state index contributed by atoms with van der Waals surface area (Å²) >= 11 is 0. The smallest absolute Gasteiger partial charge is 0.0478 e. The topological polar surface area (TPSA) is 21.9 Å². The van der Waals surface area contributed by atoms with Gasteiger partial charge in [-0.1, -0.05) is 30.3 Å². The monoisotopic (exact) mass is 132 g/mol. The Hall–Kier alpha value is -0.820. The second-order valence-corrected chi connectivity index (χ2v) is 2.66. The molecule has 1 saturated heterocycles. The number of nitrogens with one attached hydrogen (secondary N) is 1. The van der Waals surface area contributed by atoms with E-state index in [0.717, 1.165) is 0 Å². The molecule has 1 aliphatic heterocycles. The van der Waals surface area contributed by atoms with Crippen LogP contribution in [0.1, 0.15) is 11.6 Å². The van der Waals surface area contributed by atoms with E-state index in [9.17, 15) is 0 Å². The summed E-state index contributed by atoms with van der Waals surface area (Å²) in [7, 11) is 0. The quantitative estimate of drug-likeness (QED) is 0.575. The molecule has 1 aliphatic rings. The summed E-state index contributed by atoms with van der Waals surface area (Å²) in [6.45, 7) is 3.90. The lowest BCUT2D eigenvalue weighted by atomic mass is 10.1. The first-order valence-electron chi connectivity index (χ1n) is 3.52. The van der Waals surface area contributed by atoms with E-state index in [0.29, 0.717) is 12.1 Å². The average molecular weight is 132 g/mol. The van der Waals surface area contributed by atoms with Crippen LogP contribution >= 0.6 is 0 Å². The van der Waals surface area contributed by atoms with Crippen molar-refractivity contribution in [2.24, 2.45) is 0 Å². The summed E-state index contributed by atoms with van der Waals surface area (Å²) in [5, 5.41) is 3.24. The van der Waals surface area contributed by atoms with Crippen molar-refractivity contribution in [3.05, 3.63) is 42.8 Å². The minimum atomic E-state index is 0.433. The van der Waals surface area contributed by atoms with E-state index in [4.69, 9.17) is 0 Å². The van der Waals surface area contributed by atoms with Crippen molar-refractivity contribution in [3.8, 4) is 0 Å².